The molecule has 1 aliphatic rings. The van der Waals surface area contributed by atoms with E-state index in [1.54, 1.807) is 12.1 Å². The van der Waals surface area contributed by atoms with Gasteiger partial charge in [-0.2, -0.15) is 0 Å². The molecule has 98 valence electrons. The first-order valence-electron chi connectivity index (χ1n) is 6.16. The topological polar surface area (TPSA) is 54.3 Å². The molecule has 1 aliphatic heterocycles. The Balaban J connectivity index is 1.78. The van der Waals surface area contributed by atoms with Crippen molar-refractivity contribution in [3.63, 3.8) is 0 Å². The van der Waals surface area contributed by atoms with Crippen molar-refractivity contribution in [1.82, 2.24) is 0 Å². The maximum Gasteiger partial charge on any atom is 0.291 e. The van der Waals surface area contributed by atoms with Crippen LogP contribution in [-0.4, -0.2) is 12.5 Å². The predicted octanol–water partition coefficient (Wildman–Crippen LogP) is 3.54. The summed E-state index contributed by atoms with van der Waals surface area (Å²) in [5.41, 5.74) is 3.13. The third-order valence-corrected chi connectivity index (χ3v) is 3.30. The molecule has 0 radical (unpaired) electrons. The fourth-order valence-electron chi connectivity index (χ4n) is 2.18. The van der Waals surface area contributed by atoms with E-state index in [4.69, 9.17) is 16.0 Å². The molecule has 0 atom stereocenters. The summed E-state index contributed by atoms with van der Waals surface area (Å²) >= 11 is 5.65. The number of aryl methyl sites for hydroxylation is 1. The molecule has 0 saturated heterocycles. The monoisotopic (exact) mass is 276 g/mol. The normalized spacial score (nSPS) is 13.5. The minimum atomic E-state index is -0.296. The third kappa shape index (κ3) is 2.58. The average molecular weight is 277 g/mol. The molecule has 19 heavy (non-hydrogen) atoms. The van der Waals surface area contributed by atoms with Crippen LogP contribution in [0.2, 0.25) is 5.22 Å². The first kappa shape index (κ1) is 12.1. The number of fused-ring (bicyclic) bond motifs is 1. The number of carbonyl (C=O) groups is 1. The Morgan fingerprint density at radius 3 is 3.00 bits per heavy atom. The highest BCUT2D eigenvalue weighted by Crippen LogP contribution is 2.25. The highest BCUT2D eigenvalue weighted by Gasteiger charge is 2.13. The van der Waals surface area contributed by atoms with Crippen molar-refractivity contribution >= 4 is 28.9 Å². The quantitative estimate of drug-likeness (QED) is 0.882. The van der Waals surface area contributed by atoms with Gasteiger partial charge in [0.1, 0.15) is 0 Å². The molecule has 0 unspecified atom stereocenters. The van der Waals surface area contributed by atoms with Crippen molar-refractivity contribution in [1.29, 1.82) is 0 Å². The highest BCUT2D eigenvalue weighted by molar-refractivity contribution is 6.29. The summed E-state index contributed by atoms with van der Waals surface area (Å²) in [6.45, 7) is 1.00. The van der Waals surface area contributed by atoms with Crippen molar-refractivity contribution in [2.45, 2.75) is 12.8 Å². The third-order valence-electron chi connectivity index (χ3n) is 3.10. The molecule has 0 fully saturated rings. The van der Waals surface area contributed by atoms with E-state index >= 15 is 0 Å². The summed E-state index contributed by atoms with van der Waals surface area (Å²) < 4.78 is 5.07. The average Bonchev–Trinajstić information content (AvgIpc) is 2.85. The number of anilines is 2. The zero-order valence-electron chi connectivity index (χ0n) is 10.2. The van der Waals surface area contributed by atoms with E-state index in [9.17, 15) is 4.79 Å². The van der Waals surface area contributed by atoms with E-state index in [0.29, 0.717) is 0 Å². The second-order valence-electron chi connectivity index (χ2n) is 4.46. The molecule has 3 rings (SSSR count). The lowest BCUT2D eigenvalue weighted by molar-refractivity contribution is 0.0997. The van der Waals surface area contributed by atoms with E-state index in [0.717, 1.165) is 30.8 Å². The van der Waals surface area contributed by atoms with Gasteiger partial charge in [0.15, 0.2) is 11.0 Å². The number of hydrogen-bond acceptors (Lipinski definition) is 3. The molecule has 2 heterocycles. The molecule has 2 N–H and O–H groups in total. The predicted molar refractivity (Wildman–Crippen MR) is 74.9 cm³/mol. The molecule has 0 bridgehead atoms. The Labute approximate surface area is 115 Å². The maximum absolute atomic E-state index is 11.9. The lowest BCUT2D eigenvalue weighted by atomic mass is 10.0. The van der Waals surface area contributed by atoms with Crippen molar-refractivity contribution in [2.75, 3.05) is 17.2 Å². The minimum absolute atomic E-state index is 0.208. The second-order valence-corrected chi connectivity index (χ2v) is 4.83. The van der Waals surface area contributed by atoms with Crippen LogP contribution in [0.15, 0.2) is 34.7 Å². The smallest absolute Gasteiger partial charge is 0.291 e. The van der Waals surface area contributed by atoms with Gasteiger partial charge < -0.3 is 15.1 Å². The molecule has 1 amide bonds. The number of rotatable bonds is 2. The van der Waals surface area contributed by atoms with Crippen molar-refractivity contribution < 1.29 is 9.21 Å². The number of furan rings is 1. The van der Waals surface area contributed by atoms with Gasteiger partial charge in [0, 0.05) is 17.9 Å². The molecule has 5 heteroatoms. The Hall–Kier alpha value is -1.94. The summed E-state index contributed by atoms with van der Waals surface area (Å²) in [7, 11) is 0. The number of hydrogen-bond donors (Lipinski definition) is 2. The summed E-state index contributed by atoms with van der Waals surface area (Å²) in [5.74, 6) is -0.0866. The van der Waals surface area contributed by atoms with Gasteiger partial charge in [0.2, 0.25) is 0 Å². The van der Waals surface area contributed by atoms with Crippen molar-refractivity contribution in [2.24, 2.45) is 0 Å². The summed E-state index contributed by atoms with van der Waals surface area (Å²) in [6, 6.07) is 8.95. The van der Waals surface area contributed by atoms with Gasteiger partial charge >= 0.3 is 0 Å². The Morgan fingerprint density at radius 2 is 2.21 bits per heavy atom. The first-order chi connectivity index (χ1) is 9.22. The van der Waals surface area contributed by atoms with E-state index in [1.165, 1.54) is 5.56 Å². The molecule has 2 aromatic rings. The van der Waals surface area contributed by atoms with Gasteiger partial charge in [0.05, 0.1) is 0 Å². The van der Waals surface area contributed by atoms with Gasteiger partial charge in [-0.1, -0.05) is 0 Å². The summed E-state index contributed by atoms with van der Waals surface area (Å²) in [5, 5.41) is 6.34. The zero-order valence-corrected chi connectivity index (χ0v) is 11.0. The standard InChI is InChI=1S/C14H13ClN2O2/c15-13-6-5-12(19-13)14(18)17-10-3-4-11-9(8-10)2-1-7-16-11/h3-6,8,16H,1-2,7H2,(H,17,18). The van der Waals surface area contributed by atoms with E-state index in [-0.39, 0.29) is 16.9 Å². The molecule has 1 aromatic carbocycles. The van der Waals surface area contributed by atoms with Crippen LogP contribution in [0.25, 0.3) is 0 Å². The van der Waals surface area contributed by atoms with Gasteiger partial charge in [-0.15, -0.1) is 0 Å². The van der Waals surface area contributed by atoms with Crippen LogP contribution in [0, 0.1) is 0 Å². The molecular formula is C14H13ClN2O2. The molecule has 0 aliphatic carbocycles. The fraction of sp³-hybridized carbons (Fsp3) is 0.214. The Bertz CT molecular complexity index is 622. The molecule has 4 nitrogen and oxygen atoms in total. The largest absolute Gasteiger partial charge is 0.440 e. The van der Waals surface area contributed by atoms with Crippen LogP contribution < -0.4 is 10.6 Å². The van der Waals surface area contributed by atoms with Crippen LogP contribution in [0.3, 0.4) is 0 Å². The van der Waals surface area contributed by atoms with Crippen molar-refractivity contribution in [3.8, 4) is 0 Å². The molecule has 0 saturated carbocycles. The highest BCUT2D eigenvalue weighted by atomic mass is 35.5. The van der Waals surface area contributed by atoms with Crippen LogP contribution in [-0.2, 0) is 6.42 Å². The summed E-state index contributed by atoms with van der Waals surface area (Å²) in [6.07, 6.45) is 2.14. The Morgan fingerprint density at radius 1 is 1.32 bits per heavy atom. The Kier molecular flexibility index (Phi) is 3.17. The summed E-state index contributed by atoms with van der Waals surface area (Å²) in [4.78, 5) is 11.9. The maximum atomic E-state index is 11.9. The minimum Gasteiger partial charge on any atom is -0.440 e. The van der Waals surface area contributed by atoms with E-state index < -0.39 is 0 Å². The van der Waals surface area contributed by atoms with Gasteiger partial charge in [-0.3, -0.25) is 4.79 Å². The zero-order chi connectivity index (χ0) is 13.2. The number of halogens is 1. The van der Waals surface area contributed by atoms with Gasteiger partial charge in [-0.25, -0.2) is 0 Å². The number of nitrogens with one attached hydrogen (secondary N) is 2. The van der Waals surface area contributed by atoms with E-state index in [2.05, 4.69) is 10.6 Å². The van der Waals surface area contributed by atoms with E-state index in [1.807, 2.05) is 18.2 Å². The molecular weight excluding hydrogens is 264 g/mol. The number of benzene rings is 1. The lowest BCUT2D eigenvalue weighted by Crippen LogP contribution is -2.14. The van der Waals surface area contributed by atoms with Crippen molar-refractivity contribution in [3.05, 3.63) is 46.9 Å². The number of amides is 1. The van der Waals surface area contributed by atoms with Crippen LogP contribution in [0.1, 0.15) is 22.5 Å². The molecule has 0 spiro atoms. The first-order valence-corrected chi connectivity index (χ1v) is 6.54. The van der Waals surface area contributed by atoms with Gasteiger partial charge in [0.25, 0.3) is 5.91 Å². The van der Waals surface area contributed by atoms with Crippen LogP contribution in [0.5, 0.6) is 0 Å². The SMILES string of the molecule is O=C(Nc1ccc2c(c1)CCCN2)c1ccc(Cl)o1. The molecule has 1 aromatic heterocycles. The second kappa shape index (κ2) is 4.97. The van der Waals surface area contributed by atoms with Crippen LogP contribution >= 0.6 is 11.6 Å². The van der Waals surface area contributed by atoms with Gasteiger partial charge in [-0.05, 0) is 60.3 Å². The lowest BCUT2D eigenvalue weighted by Gasteiger charge is -2.18. The van der Waals surface area contributed by atoms with Crippen LogP contribution in [0.4, 0.5) is 11.4 Å². The fourth-order valence-corrected chi connectivity index (χ4v) is 2.33. The number of carbonyl (C=O) groups excluding carboxylic acids is 1.